The Labute approximate surface area is 112 Å². The summed E-state index contributed by atoms with van der Waals surface area (Å²) in [5.74, 6) is -0.118. The smallest absolute Gasteiger partial charge is 0.155 e. The monoisotopic (exact) mass is 263 g/mol. The number of halogens is 1. The zero-order chi connectivity index (χ0) is 14.0. The molecule has 1 aromatic carbocycles. The van der Waals surface area contributed by atoms with Gasteiger partial charge in [-0.3, -0.25) is 9.59 Å². The molecule has 102 valence electrons. The van der Waals surface area contributed by atoms with Crippen molar-refractivity contribution in [2.24, 2.45) is 0 Å². The number of carbonyl (C=O) groups is 2. The summed E-state index contributed by atoms with van der Waals surface area (Å²) in [7, 11) is 0. The molecule has 1 aromatic rings. The predicted octanol–water partition coefficient (Wildman–Crippen LogP) is 2.94. The molecule has 4 heteroatoms. The van der Waals surface area contributed by atoms with Crippen LogP contribution in [0.5, 0.6) is 0 Å². The summed E-state index contributed by atoms with van der Waals surface area (Å²) in [6, 6.07) is 2.86. The van der Waals surface area contributed by atoms with Crippen LogP contribution in [0.3, 0.4) is 0 Å². The van der Waals surface area contributed by atoms with Crippen LogP contribution in [0.15, 0.2) is 12.1 Å². The molecule has 1 saturated carbocycles. The zero-order valence-corrected chi connectivity index (χ0v) is 11.3. The van der Waals surface area contributed by atoms with Crippen molar-refractivity contribution in [1.82, 2.24) is 0 Å². The summed E-state index contributed by atoms with van der Waals surface area (Å²) in [5, 5.41) is 3.06. The molecule has 0 amide bonds. The Morgan fingerprint density at radius 2 is 1.89 bits per heavy atom. The van der Waals surface area contributed by atoms with Crippen molar-refractivity contribution in [3.8, 4) is 0 Å². The highest BCUT2D eigenvalue weighted by Crippen LogP contribution is 2.22. The molecule has 1 aliphatic rings. The lowest BCUT2D eigenvalue weighted by molar-refractivity contribution is -0.122. The Hall–Kier alpha value is -1.71. The minimum Gasteiger partial charge on any atom is -0.375 e. The highest BCUT2D eigenvalue weighted by molar-refractivity contribution is 5.93. The summed E-state index contributed by atoms with van der Waals surface area (Å²) >= 11 is 0. The van der Waals surface area contributed by atoms with Crippen molar-refractivity contribution in [1.29, 1.82) is 0 Å². The summed E-state index contributed by atoms with van der Waals surface area (Å²) in [6.07, 6.45) is 1.52. The molecule has 19 heavy (non-hydrogen) atoms. The molecule has 1 fully saturated rings. The second-order valence-corrected chi connectivity index (χ2v) is 5.14. The van der Waals surface area contributed by atoms with Gasteiger partial charge in [0.15, 0.2) is 5.78 Å². The molecule has 1 atom stereocenters. The number of hydrogen-bond acceptors (Lipinski definition) is 3. The normalized spacial score (nSPS) is 20.3. The van der Waals surface area contributed by atoms with Crippen LogP contribution in [0.2, 0.25) is 0 Å². The third kappa shape index (κ3) is 3.19. The van der Waals surface area contributed by atoms with Gasteiger partial charge >= 0.3 is 0 Å². The second kappa shape index (κ2) is 5.51. The van der Waals surface area contributed by atoms with Gasteiger partial charge in [0.05, 0.1) is 6.04 Å². The molecule has 2 rings (SSSR count). The van der Waals surface area contributed by atoms with Crippen LogP contribution in [-0.2, 0) is 9.59 Å². The lowest BCUT2D eigenvalue weighted by Gasteiger charge is -2.17. The molecule has 0 spiro atoms. The molecule has 0 radical (unpaired) electrons. The van der Waals surface area contributed by atoms with Crippen LogP contribution in [-0.4, -0.2) is 17.6 Å². The molecule has 1 aliphatic carbocycles. The summed E-state index contributed by atoms with van der Waals surface area (Å²) in [4.78, 5) is 23.2. The second-order valence-electron chi connectivity index (χ2n) is 5.14. The van der Waals surface area contributed by atoms with E-state index in [1.54, 1.807) is 6.92 Å². The van der Waals surface area contributed by atoms with E-state index in [-0.39, 0.29) is 29.8 Å². The lowest BCUT2D eigenvalue weighted by Crippen LogP contribution is -2.28. The standard InChI is InChI=1S/C15H18FNO2/c1-9-7-11(8-13(16)10(9)2)17-14-5-3-12(18)4-6-15(14)19/h7-8,14,17H,3-6H2,1-2H3. The fraction of sp³-hybridized carbons (Fsp3) is 0.467. The van der Waals surface area contributed by atoms with E-state index in [1.807, 2.05) is 13.0 Å². The predicted molar refractivity (Wildman–Crippen MR) is 71.8 cm³/mol. The molecular formula is C15H18FNO2. The average Bonchev–Trinajstić information content (AvgIpc) is 2.51. The van der Waals surface area contributed by atoms with E-state index in [0.717, 1.165) is 5.56 Å². The van der Waals surface area contributed by atoms with E-state index < -0.39 is 0 Å². The molecule has 3 nitrogen and oxygen atoms in total. The molecule has 1 N–H and O–H groups in total. The highest BCUT2D eigenvalue weighted by Gasteiger charge is 2.24. The Morgan fingerprint density at radius 1 is 1.16 bits per heavy atom. The molecule has 0 saturated heterocycles. The van der Waals surface area contributed by atoms with Gasteiger partial charge in [0.2, 0.25) is 0 Å². The molecule has 0 aromatic heterocycles. The number of carbonyl (C=O) groups excluding carboxylic acids is 2. The minimum atomic E-state index is -0.382. The molecule has 0 bridgehead atoms. The number of hydrogen-bond donors (Lipinski definition) is 1. The van der Waals surface area contributed by atoms with E-state index in [0.29, 0.717) is 30.5 Å². The third-order valence-corrected chi connectivity index (χ3v) is 3.70. The lowest BCUT2D eigenvalue weighted by atomic mass is 10.1. The van der Waals surface area contributed by atoms with Gasteiger partial charge in [0.1, 0.15) is 11.6 Å². The van der Waals surface area contributed by atoms with Crippen molar-refractivity contribution in [2.45, 2.75) is 45.6 Å². The largest absolute Gasteiger partial charge is 0.375 e. The molecule has 0 aliphatic heterocycles. The Balaban J connectivity index is 2.16. The van der Waals surface area contributed by atoms with Gasteiger partial charge in [-0.05, 0) is 43.5 Å². The van der Waals surface area contributed by atoms with E-state index in [1.165, 1.54) is 6.07 Å². The number of ketones is 2. The van der Waals surface area contributed by atoms with Crippen molar-refractivity contribution in [3.63, 3.8) is 0 Å². The first kappa shape index (κ1) is 13.7. The van der Waals surface area contributed by atoms with Gasteiger partial charge < -0.3 is 5.32 Å². The number of aryl methyl sites for hydroxylation is 1. The highest BCUT2D eigenvalue weighted by atomic mass is 19.1. The molecular weight excluding hydrogens is 245 g/mol. The summed E-state index contributed by atoms with van der Waals surface area (Å²) in [6.45, 7) is 3.56. The quantitative estimate of drug-likeness (QED) is 0.834. The van der Waals surface area contributed by atoms with Gasteiger partial charge in [-0.15, -0.1) is 0 Å². The summed E-state index contributed by atoms with van der Waals surface area (Å²) in [5.41, 5.74) is 2.07. The van der Waals surface area contributed by atoms with Gasteiger partial charge in [-0.2, -0.15) is 0 Å². The third-order valence-electron chi connectivity index (χ3n) is 3.70. The van der Waals surface area contributed by atoms with Crippen molar-refractivity contribution in [2.75, 3.05) is 5.32 Å². The van der Waals surface area contributed by atoms with Gasteiger partial charge in [0.25, 0.3) is 0 Å². The van der Waals surface area contributed by atoms with Gasteiger partial charge in [-0.25, -0.2) is 4.39 Å². The Kier molecular flexibility index (Phi) is 3.98. The summed E-state index contributed by atoms with van der Waals surface area (Å²) < 4.78 is 13.7. The number of anilines is 1. The zero-order valence-electron chi connectivity index (χ0n) is 11.3. The van der Waals surface area contributed by atoms with Crippen molar-refractivity contribution < 1.29 is 14.0 Å². The first-order valence-corrected chi connectivity index (χ1v) is 6.55. The molecule has 0 heterocycles. The van der Waals surface area contributed by atoms with Crippen molar-refractivity contribution in [3.05, 3.63) is 29.1 Å². The van der Waals surface area contributed by atoms with E-state index in [9.17, 15) is 14.0 Å². The first-order chi connectivity index (χ1) is 8.97. The average molecular weight is 263 g/mol. The van der Waals surface area contributed by atoms with Crippen LogP contribution in [0.1, 0.15) is 36.8 Å². The van der Waals surface area contributed by atoms with E-state index >= 15 is 0 Å². The Bertz CT molecular complexity index is 502. The topological polar surface area (TPSA) is 46.2 Å². The molecule has 1 unspecified atom stereocenters. The van der Waals surface area contributed by atoms with Crippen LogP contribution < -0.4 is 5.32 Å². The minimum absolute atomic E-state index is 0.0319. The number of benzene rings is 1. The van der Waals surface area contributed by atoms with Crippen LogP contribution >= 0.6 is 0 Å². The maximum Gasteiger partial charge on any atom is 0.155 e. The SMILES string of the molecule is Cc1cc(NC2CCC(=O)CCC2=O)cc(F)c1C. The first-order valence-electron chi connectivity index (χ1n) is 6.55. The van der Waals surface area contributed by atoms with Gasteiger partial charge in [-0.1, -0.05) is 0 Å². The van der Waals surface area contributed by atoms with Crippen LogP contribution in [0.25, 0.3) is 0 Å². The number of Topliss-reactive ketones (excluding diaryl/α,β-unsaturated/α-hetero) is 2. The van der Waals surface area contributed by atoms with Crippen molar-refractivity contribution >= 4 is 17.3 Å². The fourth-order valence-corrected chi connectivity index (χ4v) is 2.28. The fourth-order valence-electron chi connectivity index (χ4n) is 2.28. The Morgan fingerprint density at radius 3 is 2.58 bits per heavy atom. The van der Waals surface area contributed by atoms with E-state index in [4.69, 9.17) is 0 Å². The maximum absolute atomic E-state index is 13.7. The maximum atomic E-state index is 13.7. The van der Waals surface area contributed by atoms with Crippen LogP contribution in [0.4, 0.5) is 10.1 Å². The number of rotatable bonds is 2. The van der Waals surface area contributed by atoms with Crippen LogP contribution in [0, 0.1) is 19.7 Å². The van der Waals surface area contributed by atoms with Gasteiger partial charge in [0, 0.05) is 24.9 Å². The van der Waals surface area contributed by atoms with E-state index in [2.05, 4.69) is 5.32 Å². The number of nitrogens with one attached hydrogen (secondary N) is 1.